The van der Waals surface area contributed by atoms with Crippen molar-refractivity contribution >= 4 is 51.6 Å². The van der Waals surface area contributed by atoms with E-state index in [0.717, 1.165) is 4.90 Å². The Morgan fingerprint density at radius 3 is 1.50 bits per heavy atom. The van der Waals surface area contributed by atoms with E-state index < -0.39 is 23.9 Å². The Hall–Kier alpha value is -3.63. The number of methoxy groups -OCH3 is 4. The molecular formula is C26H21BrO8S. The molecule has 0 atom stereocenters. The highest BCUT2D eigenvalue weighted by molar-refractivity contribution is 9.10. The quantitative estimate of drug-likeness (QED) is 0.271. The average Bonchev–Trinajstić information content (AvgIpc) is 2.91. The number of rotatable bonds is 7. The molecule has 0 unspecified atom stereocenters. The molecule has 0 bridgehead atoms. The molecule has 0 spiro atoms. The first-order valence-electron chi connectivity index (χ1n) is 10.3. The third kappa shape index (κ3) is 5.60. The van der Waals surface area contributed by atoms with Crippen LogP contribution in [0.5, 0.6) is 0 Å². The molecule has 0 heterocycles. The maximum absolute atomic E-state index is 12.6. The van der Waals surface area contributed by atoms with Crippen molar-refractivity contribution in [1.29, 1.82) is 0 Å². The van der Waals surface area contributed by atoms with Gasteiger partial charge in [0, 0.05) is 14.3 Å². The Bertz CT molecular complexity index is 1340. The summed E-state index contributed by atoms with van der Waals surface area (Å²) in [6, 6.07) is 15.3. The van der Waals surface area contributed by atoms with Crippen LogP contribution in [-0.4, -0.2) is 52.3 Å². The predicted molar refractivity (Wildman–Crippen MR) is 136 cm³/mol. The highest BCUT2D eigenvalue weighted by atomic mass is 79.9. The monoisotopic (exact) mass is 572 g/mol. The molecule has 0 N–H and O–H groups in total. The summed E-state index contributed by atoms with van der Waals surface area (Å²) >= 11 is 4.80. The molecule has 36 heavy (non-hydrogen) atoms. The Balaban J connectivity index is 2.37. The summed E-state index contributed by atoms with van der Waals surface area (Å²) in [4.78, 5) is 51.5. The summed E-state index contributed by atoms with van der Waals surface area (Å²) in [6.07, 6.45) is 0. The lowest BCUT2D eigenvalue weighted by atomic mass is 9.95. The number of benzene rings is 3. The van der Waals surface area contributed by atoms with Crippen LogP contribution in [0.15, 0.2) is 68.9 Å². The van der Waals surface area contributed by atoms with Crippen molar-refractivity contribution in [3.05, 3.63) is 81.3 Å². The third-order valence-electron chi connectivity index (χ3n) is 5.11. The van der Waals surface area contributed by atoms with Gasteiger partial charge in [0.25, 0.3) is 0 Å². The van der Waals surface area contributed by atoms with Crippen molar-refractivity contribution in [2.24, 2.45) is 0 Å². The van der Waals surface area contributed by atoms with Crippen LogP contribution in [0.3, 0.4) is 0 Å². The van der Waals surface area contributed by atoms with Crippen molar-refractivity contribution in [2.75, 3.05) is 28.4 Å². The van der Waals surface area contributed by atoms with Gasteiger partial charge in [-0.15, -0.1) is 0 Å². The zero-order chi connectivity index (χ0) is 26.4. The van der Waals surface area contributed by atoms with Gasteiger partial charge in [-0.1, -0.05) is 45.9 Å². The summed E-state index contributed by atoms with van der Waals surface area (Å²) in [7, 11) is 4.81. The summed E-state index contributed by atoms with van der Waals surface area (Å²) in [5, 5.41) is 0. The van der Waals surface area contributed by atoms with Gasteiger partial charge in [-0.3, -0.25) is 0 Å². The topological polar surface area (TPSA) is 105 Å². The average molecular weight is 573 g/mol. The minimum Gasteiger partial charge on any atom is -0.465 e. The lowest BCUT2D eigenvalue weighted by molar-refractivity contribution is 0.0555. The van der Waals surface area contributed by atoms with Crippen molar-refractivity contribution < 1.29 is 38.1 Å². The minimum atomic E-state index is -0.749. The van der Waals surface area contributed by atoms with E-state index in [1.54, 1.807) is 0 Å². The zero-order valence-electron chi connectivity index (χ0n) is 19.7. The van der Waals surface area contributed by atoms with E-state index in [-0.39, 0.29) is 22.3 Å². The smallest absolute Gasteiger partial charge is 0.338 e. The number of ether oxygens (including phenoxy) is 4. The van der Waals surface area contributed by atoms with E-state index in [2.05, 4.69) is 15.9 Å². The van der Waals surface area contributed by atoms with E-state index in [1.807, 2.05) is 30.3 Å². The molecule has 0 aliphatic heterocycles. The number of esters is 4. The molecule has 3 aromatic carbocycles. The van der Waals surface area contributed by atoms with Gasteiger partial charge >= 0.3 is 23.9 Å². The molecule has 10 heteroatoms. The molecule has 0 saturated heterocycles. The summed E-state index contributed by atoms with van der Waals surface area (Å²) in [5.41, 5.74) is 0.905. The fourth-order valence-electron chi connectivity index (χ4n) is 3.39. The molecule has 8 nitrogen and oxygen atoms in total. The predicted octanol–water partition coefficient (Wildman–Crippen LogP) is 5.41. The first-order chi connectivity index (χ1) is 17.2. The van der Waals surface area contributed by atoms with Crippen LogP contribution in [-0.2, 0) is 18.9 Å². The lowest BCUT2D eigenvalue weighted by Crippen LogP contribution is -2.14. The van der Waals surface area contributed by atoms with Gasteiger partial charge in [0.2, 0.25) is 0 Å². The maximum Gasteiger partial charge on any atom is 0.338 e. The number of hydrogen-bond donors (Lipinski definition) is 0. The van der Waals surface area contributed by atoms with E-state index in [0.29, 0.717) is 20.5 Å². The highest BCUT2D eigenvalue weighted by Crippen LogP contribution is 2.42. The molecule has 0 aliphatic carbocycles. The van der Waals surface area contributed by atoms with Crippen LogP contribution in [0.4, 0.5) is 0 Å². The van der Waals surface area contributed by atoms with Gasteiger partial charge < -0.3 is 18.9 Å². The largest absolute Gasteiger partial charge is 0.465 e. The third-order valence-corrected chi connectivity index (χ3v) is 6.83. The van der Waals surface area contributed by atoms with Crippen LogP contribution in [0.1, 0.15) is 41.4 Å². The first-order valence-corrected chi connectivity index (χ1v) is 11.9. The standard InChI is InChI=1S/C26H21BrO8S/c1-32-23(28)17-10-15(21(27)12-19(17)25(30)34-3)16-11-18(24(29)33-2)20(26(31)35-4)13-22(16)36-14-8-6-5-7-9-14/h5-13H,1-4H3. The van der Waals surface area contributed by atoms with Crippen molar-refractivity contribution in [3.63, 3.8) is 0 Å². The SMILES string of the molecule is COC(=O)c1cc(Br)c(-c2cc(C(=O)OC)c(C(=O)OC)cc2Sc2ccccc2)cc1C(=O)OC. The van der Waals surface area contributed by atoms with E-state index in [9.17, 15) is 19.2 Å². The Morgan fingerprint density at radius 1 is 0.611 bits per heavy atom. The molecular weight excluding hydrogens is 552 g/mol. The molecule has 0 amide bonds. The van der Waals surface area contributed by atoms with Crippen molar-refractivity contribution in [2.45, 2.75) is 9.79 Å². The Morgan fingerprint density at radius 2 is 1.03 bits per heavy atom. The van der Waals surface area contributed by atoms with Gasteiger partial charge in [0.1, 0.15) is 0 Å². The van der Waals surface area contributed by atoms with Gasteiger partial charge in [-0.25, -0.2) is 19.2 Å². The van der Waals surface area contributed by atoms with Gasteiger partial charge in [0.05, 0.1) is 50.7 Å². The summed E-state index contributed by atoms with van der Waals surface area (Å²) in [5.74, 6) is -2.94. The fraction of sp³-hybridized carbons (Fsp3) is 0.154. The van der Waals surface area contributed by atoms with Gasteiger partial charge in [-0.2, -0.15) is 0 Å². The first kappa shape index (κ1) is 27.0. The van der Waals surface area contributed by atoms with Crippen LogP contribution in [0, 0.1) is 0 Å². The van der Waals surface area contributed by atoms with Crippen LogP contribution in [0.25, 0.3) is 11.1 Å². The van der Waals surface area contributed by atoms with Gasteiger partial charge in [0.15, 0.2) is 0 Å². The molecule has 0 saturated carbocycles. The molecule has 0 fully saturated rings. The molecule has 186 valence electrons. The summed E-state index contributed by atoms with van der Waals surface area (Å²) < 4.78 is 19.9. The molecule has 0 aromatic heterocycles. The van der Waals surface area contributed by atoms with E-state index in [1.165, 1.54) is 64.5 Å². The van der Waals surface area contributed by atoms with Crippen molar-refractivity contribution in [3.8, 4) is 11.1 Å². The van der Waals surface area contributed by atoms with Crippen LogP contribution in [0.2, 0.25) is 0 Å². The minimum absolute atomic E-state index is 0.00314. The fourth-order valence-corrected chi connectivity index (χ4v) is 4.94. The Labute approximate surface area is 220 Å². The lowest BCUT2D eigenvalue weighted by Gasteiger charge is -2.17. The maximum atomic E-state index is 12.6. The highest BCUT2D eigenvalue weighted by Gasteiger charge is 2.26. The second kappa shape index (κ2) is 11.9. The van der Waals surface area contributed by atoms with Crippen LogP contribution < -0.4 is 0 Å². The Kier molecular flexibility index (Phi) is 8.89. The van der Waals surface area contributed by atoms with Crippen molar-refractivity contribution in [1.82, 2.24) is 0 Å². The number of carbonyl (C=O) groups is 4. The van der Waals surface area contributed by atoms with E-state index in [4.69, 9.17) is 18.9 Å². The second-order valence-corrected chi connectivity index (χ2v) is 9.12. The molecule has 0 radical (unpaired) electrons. The number of halogens is 1. The second-order valence-electron chi connectivity index (χ2n) is 7.15. The summed E-state index contributed by atoms with van der Waals surface area (Å²) in [6.45, 7) is 0. The molecule has 0 aliphatic rings. The molecule has 3 rings (SSSR count). The van der Waals surface area contributed by atoms with Crippen LogP contribution >= 0.6 is 27.7 Å². The van der Waals surface area contributed by atoms with Gasteiger partial charge in [-0.05, 0) is 47.5 Å². The molecule has 3 aromatic rings. The zero-order valence-corrected chi connectivity index (χ0v) is 22.2. The normalized spacial score (nSPS) is 10.4. The van der Waals surface area contributed by atoms with E-state index >= 15 is 0 Å². The number of hydrogen-bond acceptors (Lipinski definition) is 9. The number of carbonyl (C=O) groups excluding carboxylic acids is 4.